The lowest BCUT2D eigenvalue weighted by Crippen LogP contribution is -2.14. The number of carbonyl (C=O) groups excluding carboxylic acids is 1. The topological polar surface area (TPSA) is 61.6 Å². The summed E-state index contributed by atoms with van der Waals surface area (Å²) < 4.78 is 10.5. The zero-order valence-corrected chi connectivity index (χ0v) is 7.87. The predicted octanol–water partition coefficient (Wildman–Crippen LogP) is 0.865. The number of Topliss-reactive ketones (excluding diaryl/α,β-unsaturated/α-hetero) is 1. The van der Waals surface area contributed by atoms with E-state index < -0.39 is 0 Å². The quantitative estimate of drug-likeness (QED) is 0.708. The lowest BCUT2D eigenvalue weighted by Gasteiger charge is -2.05. The highest BCUT2D eigenvalue weighted by Crippen LogP contribution is 2.38. The van der Waals surface area contributed by atoms with Crippen molar-refractivity contribution < 1.29 is 14.3 Å². The molecule has 1 aromatic carbocycles. The number of hydrogen-bond acceptors (Lipinski definition) is 4. The van der Waals surface area contributed by atoms with Gasteiger partial charge in [-0.1, -0.05) is 6.07 Å². The predicted molar refractivity (Wildman–Crippen MR) is 50.7 cm³/mol. The molecule has 0 bridgehead atoms. The van der Waals surface area contributed by atoms with E-state index in [9.17, 15) is 4.79 Å². The van der Waals surface area contributed by atoms with Crippen LogP contribution < -0.4 is 15.2 Å². The fourth-order valence-corrected chi connectivity index (χ4v) is 1.46. The molecule has 0 saturated heterocycles. The van der Waals surface area contributed by atoms with Gasteiger partial charge in [0.1, 0.15) is 0 Å². The Hall–Kier alpha value is -1.55. The summed E-state index contributed by atoms with van der Waals surface area (Å²) in [6.07, 6.45) is 0. The zero-order chi connectivity index (χ0) is 10.1. The lowest BCUT2D eigenvalue weighted by atomic mass is 10.1. The normalized spacial score (nSPS) is 13.0. The highest BCUT2D eigenvalue weighted by molar-refractivity contribution is 6.01. The summed E-state index contributed by atoms with van der Waals surface area (Å²) in [7, 11) is 0. The Labute approximate surface area is 81.6 Å². The maximum Gasteiger partial charge on any atom is 0.231 e. The number of ketones is 1. The SMILES string of the molecule is Cc1ccc(C(=O)CN)c2c1OCO2. The first-order valence-corrected chi connectivity index (χ1v) is 4.36. The van der Waals surface area contributed by atoms with Crippen molar-refractivity contribution in [3.63, 3.8) is 0 Å². The molecule has 74 valence electrons. The fourth-order valence-electron chi connectivity index (χ4n) is 1.46. The Balaban J connectivity index is 2.53. The van der Waals surface area contributed by atoms with Crippen molar-refractivity contribution in [2.45, 2.75) is 6.92 Å². The molecule has 0 radical (unpaired) electrons. The minimum atomic E-state index is -0.133. The van der Waals surface area contributed by atoms with Crippen molar-refractivity contribution in [2.24, 2.45) is 5.73 Å². The van der Waals surface area contributed by atoms with Crippen LogP contribution in [0.4, 0.5) is 0 Å². The second-order valence-electron chi connectivity index (χ2n) is 3.12. The van der Waals surface area contributed by atoms with Crippen LogP contribution in [0.5, 0.6) is 11.5 Å². The number of fused-ring (bicyclic) bond motifs is 1. The van der Waals surface area contributed by atoms with E-state index in [-0.39, 0.29) is 19.1 Å². The van der Waals surface area contributed by atoms with Gasteiger partial charge in [0.2, 0.25) is 6.79 Å². The number of aryl methyl sites for hydroxylation is 1. The summed E-state index contributed by atoms with van der Waals surface area (Å²) in [5.41, 5.74) is 6.76. The maximum atomic E-state index is 11.4. The largest absolute Gasteiger partial charge is 0.453 e. The number of benzene rings is 1. The van der Waals surface area contributed by atoms with Gasteiger partial charge in [0.05, 0.1) is 12.1 Å². The molecule has 14 heavy (non-hydrogen) atoms. The number of rotatable bonds is 2. The molecular weight excluding hydrogens is 182 g/mol. The number of ether oxygens (including phenoxy) is 2. The molecule has 0 aliphatic carbocycles. The zero-order valence-electron chi connectivity index (χ0n) is 7.87. The van der Waals surface area contributed by atoms with Gasteiger partial charge in [-0.3, -0.25) is 4.79 Å². The van der Waals surface area contributed by atoms with Crippen molar-refractivity contribution in [3.05, 3.63) is 23.3 Å². The highest BCUT2D eigenvalue weighted by atomic mass is 16.7. The van der Waals surface area contributed by atoms with Crippen LogP contribution in [-0.4, -0.2) is 19.1 Å². The van der Waals surface area contributed by atoms with Crippen LogP contribution in [0, 0.1) is 6.92 Å². The summed E-state index contributed by atoms with van der Waals surface area (Å²) in [6.45, 7) is 2.06. The highest BCUT2D eigenvalue weighted by Gasteiger charge is 2.22. The number of carbonyl (C=O) groups is 1. The Morgan fingerprint density at radius 2 is 2.14 bits per heavy atom. The molecule has 1 aliphatic rings. The van der Waals surface area contributed by atoms with Crippen molar-refractivity contribution in [2.75, 3.05) is 13.3 Å². The first-order valence-electron chi connectivity index (χ1n) is 4.36. The van der Waals surface area contributed by atoms with Gasteiger partial charge in [0, 0.05) is 0 Å². The average Bonchev–Trinajstić information content (AvgIpc) is 2.67. The molecule has 0 atom stereocenters. The van der Waals surface area contributed by atoms with E-state index in [0.717, 1.165) is 5.56 Å². The van der Waals surface area contributed by atoms with Crippen LogP contribution in [0.15, 0.2) is 12.1 Å². The molecule has 4 heteroatoms. The molecule has 0 unspecified atom stereocenters. The number of hydrogen-bond donors (Lipinski definition) is 1. The molecule has 4 nitrogen and oxygen atoms in total. The Morgan fingerprint density at radius 1 is 1.43 bits per heavy atom. The first kappa shape index (κ1) is 9.02. The molecule has 1 aliphatic heterocycles. The summed E-state index contributed by atoms with van der Waals surface area (Å²) in [6, 6.07) is 3.55. The van der Waals surface area contributed by atoms with Crippen LogP contribution in [-0.2, 0) is 0 Å². The van der Waals surface area contributed by atoms with E-state index >= 15 is 0 Å². The van der Waals surface area contributed by atoms with Crippen LogP contribution in [0.1, 0.15) is 15.9 Å². The molecule has 0 saturated carbocycles. The number of nitrogens with two attached hydrogens (primary N) is 1. The van der Waals surface area contributed by atoms with Gasteiger partial charge in [-0.05, 0) is 18.6 Å². The van der Waals surface area contributed by atoms with Gasteiger partial charge >= 0.3 is 0 Å². The Morgan fingerprint density at radius 3 is 2.86 bits per heavy atom. The summed E-state index contributed by atoms with van der Waals surface area (Å²) >= 11 is 0. The maximum absolute atomic E-state index is 11.4. The summed E-state index contributed by atoms with van der Waals surface area (Å²) in [5, 5.41) is 0. The third-order valence-electron chi connectivity index (χ3n) is 2.20. The molecule has 0 fully saturated rings. The Bertz CT molecular complexity index is 387. The molecule has 1 heterocycles. The van der Waals surface area contributed by atoms with Crippen LogP contribution in [0.3, 0.4) is 0 Å². The molecule has 0 spiro atoms. The van der Waals surface area contributed by atoms with Crippen LogP contribution >= 0.6 is 0 Å². The van der Waals surface area contributed by atoms with E-state index in [2.05, 4.69) is 0 Å². The molecule has 0 aromatic heterocycles. The van der Waals surface area contributed by atoms with Gasteiger partial charge in [-0.2, -0.15) is 0 Å². The molecule has 0 amide bonds. The van der Waals surface area contributed by atoms with Crippen molar-refractivity contribution in [1.82, 2.24) is 0 Å². The van der Waals surface area contributed by atoms with Crippen LogP contribution in [0.2, 0.25) is 0 Å². The van der Waals surface area contributed by atoms with E-state index in [1.807, 2.05) is 13.0 Å². The molecule has 2 rings (SSSR count). The van der Waals surface area contributed by atoms with E-state index in [1.165, 1.54) is 0 Å². The van der Waals surface area contributed by atoms with Crippen molar-refractivity contribution >= 4 is 5.78 Å². The van der Waals surface area contributed by atoms with Gasteiger partial charge in [-0.15, -0.1) is 0 Å². The third kappa shape index (κ3) is 1.24. The smallest absolute Gasteiger partial charge is 0.231 e. The lowest BCUT2D eigenvalue weighted by molar-refractivity contribution is 0.0996. The van der Waals surface area contributed by atoms with E-state index in [4.69, 9.17) is 15.2 Å². The summed E-state index contributed by atoms with van der Waals surface area (Å²) in [5.74, 6) is 1.05. The summed E-state index contributed by atoms with van der Waals surface area (Å²) in [4.78, 5) is 11.4. The average molecular weight is 193 g/mol. The minimum Gasteiger partial charge on any atom is -0.453 e. The Kier molecular flexibility index (Phi) is 2.13. The van der Waals surface area contributed by atoms with E-state index in [1.54, 1.807) is 6.07 Å². The molecular formula is C10H11NO3. The van der Waals surface area contributed by atoms with Gasteiger partial charge in [0.25, 0.3) is 0 Å². The molecule has 2 N–H and O–H groups in total. The first-order chi connectivity index (χ1) is 6.74. The van der Waals surface area contributed by atoms with Crippen LogP contribution in [0.25, 0.3) is 0 Å². The third-order valence-corrected chi connectivity index (χ3v) is 2.20. The van der Waals surface area contributed by atoms with Gasteiger partial charge < -0.3 is 15.2 Å². The van der Waals surface area contributed by atoms with Gasteiger partial charge in [0.15, 0.2) is 17.3 Å². The van der Waals surface area contributed by atoms with Crippen molar-refractivity contribution in [1.29, 1.82) is 0 Å². The monoisotopic (exact) mass is 193 g/mol. The molecule has 1 aromatic rings. The fraction of sp³-hybridized carbons (Fsp3) is 0.300. The minimum absolute atomic E-state index is 0.0150. The second-order valence-corrected chi connectivity index (χ2v) is 3.12. The second kappa shape index (κ2) is 3.31. The van der Waals surface area contributed by atoms with E-state index in [0.29, 0.717) is 17.1 Å². The standard InChI is InChI=1S/C10H11NO3/c1-6-2-3-7(8(12)4-11)10-9(6)13-5-14-10/h2-3H,4-5,11H2,1H3. The van der Waals surface area contributed by atoms with Gasteiger partial charge in [-0.25, -0.2) is 0 Å². The van der Waals surface area contributed by atoms with Crippen molar-refractivity contribution in [3.8, 4) is 11.5 Å².